The number of hydrogen-bond donors (Lipinski definition) is 0. The summed E-state index contributed by atoms with van der Waals surface area (Å²) in [6.07, 6.45) is 3.50. The van der Waals surface area contributed by atoms with Crippen molar-refractivity contribution in [3.63, 3.8) is 0 Å². The highest BCUT2D eigenvalue weighted by molar-refractivity contribution is 6.46. The van der Waals surface area contributed by atoms with Gasteiger partial charge in [0, 0.05) is 17.2 Å². The Labute approximate surface area is 238 Å². The highest BCUT2D eigenvalue weighted by atomic mass is 16.5. The molecule has 1 N–H and O–H groups in total. The van der Waals surface area contributed by atoms with E-state index >= 15 is 0 Å². The number of pyridine rings is 1. The molecule has 8 heteroatoms. The average Bonchev–Trinajstić information content (AvgIpc) is 3.25. The first-order valence-corrected chi connectivity index (χ1v) is 13.1. The number of ether oxygens (including phenoxy) is 3. The molecule has 208 valence electrons. The summed E-state index contributed by atoms with van der Waals surface area (Å²) in [5.74, 6) is -0.586. The zero-order chi connectivity index (χ0) is 28.9. The Bertz CT molecular complexity index is 1600. The fourth-order valence-electron chi connectivity index (χ4n) is 4.95. The molecule has 0 saturated carbocycles. The molecule has 1 aliphatic rings. The van der Waals surface area contributed by atoms with Crippen LogP contribution in [0.1, 0.15) is 33.9 Å². The fraction of sp³-hybridized carbons (Fsp3) is 0.182. The number of carbonyl (C=O) groups excluding carboxylic acids is 2. The SMILES string of the molecule is COc1ccc(C2C(=C([O-])c3ccc(OCc4cccc(C)c4)cc3)C(=O)C(=O)N2Cc2ccc[nH+]c2)cc1OC. The van der Waals surface area contributed by atoms with E-state index < -0.39 is 23.5 Å². The van der Waals surface area contributed by atoms with E-state index in [9.17, 15) is 14.7 Å². The van der Waals surface area contributed by atoms with Gasteiger partial charge in [-0.2, -0.15) is 0 Å². The van der Waals surface area contributed by atoms with Crippen LogP contribution in [-0.4, -0.2) is 30.8 Å². The molecule has 0 aliphatic carbocycles. The van der Waals surface area contributed by atoms with Gasteiger partial charge in [0.2, 0.25) is 5.78 Å². The topological polar surface area (TPSA) is 102 Å². The lowest BCUT2D eigenvalue weighted by molar-refractivity contribution is -0.378. The van der Waals surface area contributed by atoms with Gasteiger partial charge in [-0.15, -0.1) is 0 Å². The van der Waals surface area contributed by atoms with Crippen LogP contribution in [0.5, 0.6) is 17.2 Å². The smallest absolute Gasteiger partial charge is 0.295 e. The lowest BCUT2D eigenvalue weighted by Gasteiger charge is -2.27. The van der Waals surface area contributed by atoms with Crippen LogP contribution in [0.15, 0.2) is 96.8 Å². The fourth-order valence-corrected chi connectivity index (χ4v) is 4.95. The number of H-pyrrole nitrogens is 1. The Kier molecular flexibility index (Phi) is 8.01. The number of rotatable bonds is 9. The van der Waals surface area contributed by atoms with Gasteiger partial charge in [0.05, 0.1) is 26.8 Å². The number of carbonyl (C=O) groups is 2. The average molecular weight is 551 g/mol. The number of ketones is 1. The Morgan fingerprint density at radius 3 is 2.34 bits per heavy atom. The second-order valence-corrected chi connectivity index (χ2v) is 9.74. The molecule has 1 fully saturated rings. The normalized spacial score (nSPS) is 16.1. The predicted octanol–water partition coefficient (Wildman–Crippen LogP) is 3.83. The summed E-state index contributed by atoms with van der Waals surface area (Å²) in [4.78, 5) is 31.1. The first-order chi connectivity index (χ1) is 19.9. The lowest BCUT2D eigenvalue weighted by atomic mass is 9.94. The number of nitrogens with one attached hydrogen (secondary N) is 1. The third kappa shape index (κ3) is 5.77. The van der Waals surface area contributed by atoms with Gasteiger partial charge in [-0.05, 0) is 53.9 Å². The first kappa shape index (κ1) is 27.5. The van der Waals surface area contributed by atoms with Gasteiger partial charge < -0.3 is 24.2 Å². The molecule has 1 saturated heterocycles. The molecule has 1 aromatic heterocycles. The lowest BCUT2D eigenvalue weighted by Crippen LogP contribution is -2.29. The molecule has 1 atom stereocenters. The van der Waals surface area contributed by atoms with Crippen molar-refractivity contribution in [3.05, 3.63) is 125 Å². The summed E-state index contributed by atoms with van der Waals surface area (Å²) in [5, 5.41) is 13.9. The molecule has 3 aromatic carbocycles. The number of aryl methyl sites for hydroxylation is 1. The van der Waals surface area contributed by atoms with Crippen LogP contribution in [0.4, 0.5) is 0 Å². The molecule has 1 unspecified atom stereocenters. The van der Waals surface area contributed by atoms with Crippen molar-refractivity contribution >= 4 is 17.4 Å². The summed E-state index contributed by atoms with van der Waals surface area (Å²) < 4.78 is 16.7. The summed E-state index contributed by atoms with van der Waals surface area (Å²) in [5.41, 5.74) is 3.68. The summed E-state index contributed by atoms with van der Waals surface area (Å²) in [7, 11) is 3.02. The van der Waals surface area contributed by atoms with Gasteiger partial charge in [-0.25, -0.2) is 4.98 Å². The standard InChI is InChI=1S/C33H30N2O6/c1-21-6-4-7-22(16-21)20-41-26-12-9-24(10-13-26)31(36)29-30(25-11-14-27(39-2)28(17-25)40-3)35(33(38)32(29)37)19-23-8-5-15-34-18-23/h4-18,30,36H,19-20H2,1-3H3. The molecule has 41 heavy (non-hydrogen) atoms. The van der Waals surface area contributed by atoms with Gasteiger partial charge in [0.1, 0.15) is 12.4 Å². The van der Waals surface area contributed by atoms with E-state index in [1.807, 2.05) is 43.3 Å². The van der Waals surface area contributed by atoms with Gasteiger partial charge in [-0.3, -0.25) is 9.59 Å². The van der Waals surface area contributed by atoms with Crippen LogP contribution in [-0.2, 0) is 22.7 Å². The van der Waals surface area contributed by atoms with E-state index in [1.54, 1.807) is 54.9 Å². The highest BCUT2D eigenvalue weighted by Gasteiger charge is 2.44. The van der Waals surface area contributed by atoms with E-state index in [0.717, 1.165) is 16.7 Å². The molecule has 4 aromatic rings. The van der Waals surface area contributed by atoms with E-state index in [2.05, 4.69) is 4.98 Å². The molecule has 2 heterocycles. The maximum absolute atomic E-state index is 13.9. The molecule has 0 radical (unpaired) electrons. The second-order valence-electron chi connectivity index (χ2n) is 9.74. The third-order valence-electron chi connectivity index (χ3n) is 6.98. The summed E-state index contributed by atoms with van der Waals surface area (Å²) >= 11 is 0. The van der Waals surface area contributed by atoms with Crippen molar-refractivity contribution in [1.82, 2.24) is 4.90 Å². The molecular formula is C33H30N2O6. The molecule has 1 amide bonds. The van der Waals surface area contributed by atoms with Gasteiger partial charge in [0.25, 0.3) is 5.91 Å². The predicted molar refractivity (Wildman–Crippen MR) is 150 cm³/mol. The number of likely N-dealkylation sites (tertiary alicyclic amines) is 1. The zero-order valence-electron chi connectivity index (χ0n) is 23.0. The van der Waals surface area contributed by atoms with Crippen molar-refractivity contribution in [2.45, 2.75) is 26.1 Å². The molecular weight excluding hydrogens is 520 g/mol. The highest BCUT2D eigenvalue weighted by Crippen LogP contribution is 2.42. The monoisotopic (exact) mass is 550 g/mol. The van der Waals surface area contributed by atoms with Crippen LogP contribution in [0, 0.1) is 6.92 Å². The van der Waals surface area contributed by atoms with Crippen molar-refractivity contribution in [1.29, 1.82) is 0 Å². The van der Waals surface area contributed by atoms with E-state index in [0.29, 0.717) is 29.4 Å². The Balaban J connectivity index is 1.51. The summed E-state index contributed by atoms with van der Waals surface area (Å²) in [6.45, 7) is 2.53. The molecule has 0 bridgehead atoms. The van der Waals surface area contributed by atoms with Gasteiger partial charge in [0.15, 0.2) is 23.9 Å². The number of aromatic amines is 1. The maximum Gasteiger partial charge on any atom is 0.295 e. The van der Waals surface area contributed by atoms with Crippen molar-refractivity contribution in [2.75, 3.05) is 14.2 Å². The minimum atomic E-state index is -0.917. The van der Waals surface area contributed by atoms with Crippen LogP contribution < -0.4 is 24.3 Å². The van der Waals surface area contributed by atoms with Crippen LogP contribution in [0.25, 0.3) is 5.76 Å². The second kappa shape index (κ2) is 12.0. The van der Waals surface area contributed by atoms with E-state index in [1.165, 1.54) is 19.1 Å². The van der Waals surface area contributed by atoms with Gasteiger partial charge in [-0.1, -0.05) is 53.8 Å². The van der Waals surface area contributed by atoms with E-state index in [4.69, 9.17) is 14.2 Å². The van der Waals surface area contributed by atoms with Crippen molar-refractivity contribution in [3.8, 4) is 17.2 Å². The molecule has 1 aliphatic heterocycles. The summed E-state index contributed by atoms with van der Waals surface area (Å²) in [6, 6.07) is 22.5. The third-order valence-corrected chi connectivity index (χ3v) is 6.98. The molecule has 8 nitrogen and oxygen atoms in total. The number of benzene rings is 3. The number of Topliss-reactive ketones (excluding diaryl/α,β-unsaturated/α-hetero) is 1. The van der Waals surface area contributed by atoms with E-state index in [-0.39, 0.29) is 17.7 Å². The molecule has 0 spiro atoms. The number of methoxy groups -OCH3 is 2. The van der Waals surface area contributed by atoms with Crippen molar-refractivity contribution in [2.24, 2.45) is 0 Å². The van der Waals surface area contributed by atoms with Crippen LogP contribution in [0.2, 0.25) is 0 Å². The Hall–Kier alpha value is -5.11. The van der Waals surface area contributed by atoms with Crippen LogP contribution >= 0.6 is 0 Å². The zero-order valence-corrected chi connectivity index (χ0v) is 23.0. The largest absolute Gasteiger partial charge is 0.872 e. The minimum Gasteiger partial charge on any atom is -0.872 e. The Morgan fingerprint density at radius 2 is 1.66 bits per heavy atom. The van der Waals surface area contributed by atoms with Gasteiger partial charge >= 0.3 is 0 Å². The number of amides is 1. The quantitative estimate of drug-likeness (QED) is 0.178. The number of aromatic nitrogens is 1. The maximum atomic E-state index is 13.9. The Morgan fingerprint density at radius 1 is 0.902 bits per heavy atom. The minimum absolute atomic E-state index is 0.115. The van der Waals surface area contributed by atoms with Crippen molar-refractivity contribution < 1.29 is 33.9 Å². The number of hydrogen-bond acceptors (Lipinski definition) is 6. The molecule has 5 rings (SSSR count). The van der Waals surface area contributed by atoms with Crippen LogP contribution in [0.3, 0.4) is 0 Å². The number of nitrogens with zero attached hydrogens (tertiary/aromatic N) is 1. The first-order valence-electron chi connectivity index (χ1n) is 13.1.